The number of aromatic nitrogens is 1. The average Bonchev–Trinajstić information content (AvgIpc) is 2.75. The molecule has 0 unspecified atom stereocenters. The number of nitrogens with one attached hydrogen (secondary N) is 1. The summed E-state index contributed by atoms with van der Waals surface area (Å²) in [6.45, 7) is 3.79. The summed E-state index contributed by atoms with van der Waals surface area (Å²) in [6, 6.07) is 3.71. The standard InChI is InChI=1S/C14H18N2O3/c1-8-6-9(2)15-12(7-8)16-13(17)10-4-3-5-11(10)14(18)19/h6-7,10-11H,3-5H2,1-2H3,(H,18,19)(H,15,16,17)/t10-,11+/m1/s1. The third-order valence-electron chi connectivity index (χ3n) is 3.52. The highest BCUT2D eigenvalue weighted by Crippen LogP contribution is 2.32. The molecule has 5 heteroatoms. The minimum absolute atomic E-state index is 0.234. The van der Waals surface area contributed by atoms with Crippen LogP contribution in [0.25, 0.3) is 0 Å². The molecule has 1 aliphatic carbocycles. The fourth-order valence-electron chi connectivity index (χ4n) is 2.69. The third kappa shape index (κ3) is 3.10. The van der Waals surface area contributed by atoms with Gasteiger partial charge in [-0.05, 0) is 44.4 Å². The topological polar surface area (TPSA) is 79.3 Å². The van der Waals surface area contributed by atoms with Crippen molar-refractivity contribution in [1.29, 1.82) is 0 Å². The van der Waals surface area contributed by atoms with Gasteiger partial charge in [-0.25, -0.2) is 4.98 Å². The molecule has 0 radical (unpaired) electrons. The Balaban J connectivity index is 2.10. The highest BCUT2D eigenvalue weighted by molar-refractivity contribution is 5.94. The van der Waals surface area contributed by atoms with Gasteiger partial charge in [-0.15, -0.1) is 0 Å². The van der Waals surface area contributed by atoms with Gasteiger partial charge in [0.25, 0.3) is 0 Å². The molecule has 0 spiro atoms. The molecule has 2 rings (SSSR count). The van der Waals surface area contributed by atoms with E-state index >= 15 is 0 Å². The Morgan fingerprint density at radius 2 is 1.95 bits per heavy atom. The first-order valence-electron chi connectivity index (χ1n) is 6.46. The molecule has 1 aliphatic rings. The zero-order valence-corrected chi connectivity index (χ0v) is 11.1. The Bertz CT molecular complexity index is 493. The number of hydrogen-bond acceptors (Lipinski definition) is 3. The molecule has 1 fully saturated rings. The van der Waals surface area contributed by atoms with Gasteiger partial charge in [0, 0.05) is 5.69 Å². The van der Waals surface area contributed by atoms with Gasteiger partial charge in [0.2, 0.25) is 5.91 Å². The monoisotopic (exact) mass is 262 g/mol. The molecule has 1 aromatic rings. The molecule has 2 N–H and O–H groups in total. The van der Waals surface area contributed by atoms with E-state index in [1.807, 2.05) is 19.9 Å². The Kier molecular flexibility index (Phi) is 3.83. The van der Waals surface area contributed by atoms with Gasteiger partial charge in [0.15, 0.2) is 0 Å². The normalized spacial score (nSPS) is 22.2. The zero-order chi connectivity index (χ0) is 14.0. The fourth-order valence-corrected chi connectivity index (χ4v) is 2.69. The first-order chi connectivity index (χ1) is 8.97. The molecular formula is C14H18N2O3. The van der Waals surface area contributed by atoms with E-state index in [-0.39, 0.29) is 5.91 Å². The molecule has 1 saturated carbocycles. The average molecular weight is 262 g/mol. The van der Waals surface area contributed by atoms with Gasteiger partial charge in [-0.3, -0.25) is 9.59 Å². The maximum atomic E-state index is 12.1. The van der Waals surface area contributed by atoms with Crippen LogP contribution in [0, 0.1) is 25.7 Å². The van der Waals surface area contributed by atoms with Crippen LogP contribution in [0.15, 0.2) is 12.1 Å². The summed E-state index contributed by atoms with van der Waals surface area (Å²) in [5.74, 6) is -1.63. The lowest BCUT2D eigenvalue weighted by atomic mass is 9.95. The third-order valence-corrected chi connectivity index (χ3v) is 3.52. The summed E-state index contributed by atoms with van der Waals surface area (Å²) in [6.07, 6.45) is 2.00. The van der Waals surface area contributed by atoms with E-state index in [1.165, 1.54) is 0 Å². The Morgan fingerprint density at radius 3 is 2.58 bits per heavy atom. The van der Waals surface area contributed by atoms with Crippen molar-refractivity contribution in [3.63, 3.8) is 0 Å². The van der Waals surface area contributed by atoms with E-state index in [2.05, 4.69) is 10.3 Å². The Hall–Kier alpha value is -1.91. The molecule has 2 atom stereocenters. The lowest BCUT2D eigenvalue weighted by Crippen LogP contribution is -2.30. The number of carbonyl (C=O) groups excluding carboxylic acids is 1. The van der Waals surface area contributed by atoms with Crippen LogP contribution in [-0.4, -0.2) is 22.0 Å². The van der Waals surface area contributed by atoms with Crippen LogP contribution >= 0.6 is 0 Å². The number of carboxylic acids is 1. The highest BCUT2D eigenvalue weighted by Gasteiger charge is 2.37. The van der Waals surface area contributed by atoms with Crippen molar-refractivity contribution in [2.75, 3.05) is 5.32 Å². The zero-order valence-electron chi connectivity index (χ0n) is 11.1. The number of aryl methyl sites for hydroxylation is 2. The van der Waals surface area contributed by atoms with Crippen LogP contribution in [0.5, 0.6) is 0 Å². The van der Waals surface area contributed by atoms with E-state index in [1.54, 1.807) is 6.07 Å². The largest absolute Gasteiger partial charge is 0.481 e. The second kappa shape index (κ2) is 5.38. The molecule has 1 heterocycles. The summed E-state index contributed by atoms with van der Waals surface area (Å²) in [5, 5.41) is 11.8. The molecule has 1 aromatic heterocycles. The van der Waals surface area contributed by atoms with Crippen molar-refractivity contribution in [2.45, 2.75) is 33.1 Å². The van der Waals surface area contributed by atoms with Crippen LogP contribution in [0.2, 0.25) is 0 Å². The molecule has 19 heavy (non-hydrogen) atoms. The minimum Gasteiger partial charge on any atom is -0.481 e. The summed E-state index contributed by atoms with van der Waals surface area (Å²) in [7, 11) is 0. The van der Waals surface area contributed by atoms with Crippen LogP contribution in [-0.2, 0) is 9.59 Å². The van der Waals surface area contributed by atoms with Crippen molar-refractivity contribution in [2.24, 2.45) is 11.8 Å². The van der Waals surface area contributed by atoms with Crippen molar-refractivity contribution in [1.82, 2.24) is 4.98 Å². The van der Waals surface area contributed by atoms with E-state index in [4.69, 9.17) is 5.11 Å². The number of pyridine rings is 1. The van der Waals surface area contributed by atoms with Crippen LogP contribution in [0.3, 0.4) is 0 Å². The molecule has 0 aromatic carbocycles. The summed E-state index contributed by atoms with van der Waals surface area (Å²) >= 11 is 0. The lowest BCUT2D eigenvalue weighted by molar-refractivity contribution is -0.145. The van der Waals surface area contributed by atoms with Gasteiger partial charge in [0.05, 0.1) is 11.8 Å². The smallest absolute Gasteiger partial charge is 0.307 e. The van der Waals surface area contributed by atoms with Crippen molar-refractivity contribution >= 4 is 17.7 Å². The molecule has 0 bridgehead atoms. The van der Waals surface area contributed by atoms with Gasteiger partial charge >= 0.3 is 5.97 Å². The summed E-state index contributed by atoms with van der Waals surface area (Å²) in [5.41, 5.74) is 1.85. The molecule has 0 saturated heterocycles. The van der Waals surface area contributed by atoms with Crippen LogP contribution < -0.4 is 5.32 Å². The van der Waals surface area contributed by atoms with Gasteiger partial charge in [0.1, 0.15) is 5.82 Å². The van der Waals surface area contributed by atoms with Crippen molar-refractivity contribution in [3.8, 4) is 0 Å². The SMILES string of the molecule is Cc1cc(C)nc(NC(=O)[C@@H]2CCC[C@@H]2C(=O)O)c1. The Morgan fingerprint density at radius 1 is 1.26 bits per heavy atom. The second-order valence-corrected chi connectivity index (χ2v) is 5.14. The van der Waals surface area contributed by atoms with E-state index < -0.39 is 17.8 Å². The quantitative estimate of drug-likeness (QED) is 0.874. The molecule has 1 amide bonds. The number of amides is 1. The van der Waals surface area contributed by atoms with Crippen molar-refractivity contribution < 1.29 is 14.7 Å². The predicted octanol–water partition coefficient (Wildman–Crippen LogP) is 2.14. The van der Waals surface area contributed by atoms with Gasteiger partial charge < -0.3 is 10.4 Å². The molecule has 0 aliphatic heterocycles. The van der Waals surface area contributed by atoms with E-state index in [0.717, 1.165) is 17.7 Å². The predicted molar refractivity (Wildman–Crippen MR) is 70.8 cm³/mol. The number of rotatable bonds is 3. The first-order valence-corrected chi connectivity index (χ1v) is 6.46. The van der Waals surface area contributed by atoms with Gasteiger partial charge in [-0.1, -0.05) is 6.42 Å². The highest BCUT2D eigenvalue weighted by atomic mass is 16.4. The Labute approximate surface area is 112 Å². The van der Waals surface area contributed by atoms with E-state index in [0.29, 0.717) is 18.7 Å². The first kappa shape index (κ1) is 13.5. The number of hydrogen-bond donors (Lipinski definition) is 2. The summed E-state index contributed by atoms with van der Waals surface area (Å²) < 4.78 is 0. The maximum absolute atomic E-state index is 12.1. The molecule has 5 nitrogen and oxygen atoms in total. The lowest BCUT2D eigenvalue weighted by Gasteiger charge is -2.15. The molecule has 102 valence electrons. The number of anilines is 1. The minimum atomic E-state index is -0.883. The second-order valence-electron chi connectivity index (χ2n) is 5.14. The van der Waals surface area contributed by atoms with Crippen molar-refractivity contribution in [3.05, 3.63) is 23.4 Å². The summed E-state index contributed by atoms with van der Waals surface area (Å²) in [4.78, 5) is 27.5. The van der Waals surface area contributed by atoms with Crippen LogP contribution in [0.1, 0.15) is 30.5 Å². The number of carboxylic acid groups (broad SMARTS) is 1. The number of aliphatic carboxylic acids is 1. The number of nitrogens with zero attached hydrogens (tertiary/aromatic N) is 1. The fraction of sp³-hybridized carbons (Fsp3) is 0.500. The number of carbonyl (C=O) groups is 2. The maximum Gasteiger partial charge on any atom is 0.307 e. The van der Waals surface area contributed by atoms with Crippen LogP contribution in [0.4, 0.5) is 5.82 Å². The van der Waals surface area contributed by atoms with E-state index in [9.17, 15) is 9.59 Å². The van der Waals surface area contributed by atoms with Gasteiger partial charge in [-0.2, -0.15) is 0 Å². The molecular weight excluding hydrogens is 244 g/mol.